The van der Waals surface area contributed by atoms with E-state index < -0.39 is 0 Å². The first kappa shape index (κ1) is 13.6. The molecule has 1 rings (SSSR count). The second-order valence-electron chi connectivity index (χ2n) is 4.21. The van der Waals surface area contributed by atoms with Gasteiger partial charge < -0.3 is 9.64 Å². The van der Waals surface area contributed by atoms with E-state index >= 15 is 0 Å². The van der Waals surface area contributed by atoms with Gasteiger partial charge in [-0.05, 0) is 6.42 Å². The predicted molar refractivity (Wildman–Crippen MR) is 68.0 cm³/mol. The number of rotatable bonds is 4. The fourth-order valence-corrected chi connectivity index (χ4v) is 2.87. The summed E-state index contributed by atoms with van der Waals surface area (Å²) in [4.78, 5) is 15.0. The lowest BCUT2D eigenvalue weighted by atomic mass is 10.3. The van der Waals surface area contributed by atoms with Gasteiger partial charge in [-0.1, -0.05) is 6.92 Å². The van der Waals surface area contributed by atoms with Crippen LogP contribution in [0, 0.1) is 0 Å². The lowest BCUT2D eigenvalue weighted by molar-refractivity contribution is 0.104. The molecule has 1 fully saturated rings. The Morgan fingerprint density at radius 3 is 2.94 bits per heavy atom. The fraction of sp³-hybridized carbons (Fsp3) is 0.909. The summed E-state index contributed by atoms with van der Waals surface area (Å²) in [7, 11) is 3.40. The van der Waals surface area contributed by atoms with Crippen molar-refractivity contribution >= 4 is 17.9 Å². The van der Waals surface area contributed by atoms with Gasteiger partial charge in [-0.2, -0.15) is 11.8 Å². The van der Waals surface area contributed by atoms with Gasteiger partial charge in [0, 0.05) is 44.7 Å². The largest absolute Gasteiger partial charge is 0.448 e. The molecule has 0 saturated carbocycles. The molecule has 0 spiro atoms. The Hall–Kier alpha value is -0.420. The molecule has 0 aromatic rings. The number of ether oxygens (including phenoxy) is 1. The summed E-state index contributed by atoms with van der Waals surface area (Å²) in [5.74, 6) is 1.19. The van der Waals surface area contributed by atoms with Crippen LogP contribution >= 0.6 is 11.8 Å². The summed E-state index contributed by atoms with van der Waals surface area (Å²) in [5, 5.41) is 0.748. The smallest absolute Gasteiger partial charge is 0.409 e. The Bertz CT molecular complexity index is 224. The normalized spacial score (nSPS) is 21.8. The summed E-state index contributed by atoms with van der Waals surface area (Å²) >= 11 is 2.05. The molecule has 1 aliphatic heterocycles. The maximum absolute atomic E-state index is 11.2. The molecule has 16 heavy (non-hydrogen) atoms. The van der Waals surface area contributed by atoms with Crippen LogP contribution in [0.3, 0.4) is 0 Å². The van der Waals surface area contributed by atoms with Crippen molar-refractivity contribution in [2.45, 2.75) is 18.6 Å². The first-order valence-electron chi connectivity index (χ1n) is 5.81. The van der Waals surface area contributed by atoms with Crippen molar-refractivity contribution in [1.29, 1.82) is 0 Å². The molecule has 0 bridgehead atoms. The summed E-state index contributed by atoms with van der Waals surface area (Å²) in [6.07, 6.45) is 0.969. The Kier molecular flexibility index (Phi) is 5.98. The van der Waals surface area contributed by atoms with Crippen LogP contribution in [-0.2, 0) is 4.74 Å². The van der Waals surface area contributed by atoms with E-state index in [9.17, 15) is 4.79 Å². The molecule has 5 heteroatoms. The zero-order chi connectivity index (χ0) is 12.0. The lowest BCUT2D eigenvalue weighted by Gasteiger charge is -2.31. The second-order valence-corrected chi connectivity index (χ2v) is 5.62. The van der Waals surface area contributed by atoms with Crippen molar-refractivity contribution in [3.05, 3.63) is 0 Å². The van der Waals surface area contributed by atoms with Crippen LogP contribution in [0.15, 0.2) is 0 Å². The van der Waals surface area contributed by atoms with Crippen LogP contribution in [0.5, 0.6) is 0 Å². The molecule has 1 atom stereocenters. The van der Waals surface area contributed by atoms with Crippen molar-refractivity contribution in [2.75, 3.05) is 46.1 Å². The van der Waals surface area contributed by atoms with Gasteiger partial charge in [0.1, 0.15) is 6.61 Å². The summed E-state index contributed by atoms with van der Waals surface area (Å²) in [6, 6.07) is 0. The number of hydrogen-bond donors (Lipinski definition) is 0. The molecule has 1 aliphatic rings. The van der Waals surface area contributed by atoms with Crippen LogP contribution in [0.2, 0.25) is 0 Å². The van der Waals surface area contributed by atoms with E-state index in [2.05, 4.69) is 23.6 Å². The monoisotopic (exact) mass is 246 g/mol. The highest BCUT2D eigenvalue weighted by atomic mass is 32.2. The Morgan fingerprint density at radius 2 is 2.31 bits per heavy atom. The average Bonchev–Trinajstić information content (AvgIpc) is 2.29. The van der Waals surface area contributed by atoms with E-state index in [1.165, 1.54) is 17.1 Å². The van der Waals surface area contributed by atoms with Gasteiger partial charge >= 0.3 is 6.09 Å². The maximum atomic E-state index is 11.2. The molecule has 1 saturated heterocycles. The van der Waals surface area contributed by atoms with Crippen molar-refractivity contribution in [1.82, 2.24) is 9.80 Å². The molecule has 0 aromatic carbocycles. The van der Waals surface area contributed by atoms with Gasteiger partial charge in [0.05, 0.1) is 0 Å². The maximum Gasteiger partial charge on any atom is 0.409 e. The van der Waals surface area contributed by atoms with E-state index in [1.807, 2.05) is 0 Å². The Balaban J connectivity index is 2.15. The van der Waals surface area contributed by atoms with Crippen LogP contribution in [-0.4, -0.2) is 67.2 Å². The van der Waals surface area contributed by atoms with E-state index in [-0.39, 0.29) is 6.09 Å². The van der Waals surface area contributed by atoms with Crippen molar-refractivity contribution in [3.8, 4) is 0 Å². The molecule has 94 valence electrons. The van der Waals surface area contributed by atoms with Gasteiger partial charge in [-0.15, -0.1) is 0 Å². The minimum Gasteiger partial charge on any atom is -0.448 e. The SMILES string of the molecule is CCC1CN(CCOC(=O)N(C)C)CCS1. The van der Waals surface area contributed by atoms with E-state index in [1.54, 1.807) is 14.1 Å². The third-order valence-corrected chi connectivity index (χ3v) is 4.05. The van der Waals surface area contributed by atoms with E-state index in [0.717, 1.165) is 24.9 Å². The zero-order valence-corrected chi connectivity index (χ0v) is 11.3. The highest BCUT2D eigenvalue weighted by Gasteiger charge is 2.18. The minimum absolute atomic E-state index is 0.251. The van der Waals surface area contributed by atoms with Gasteiger partial charge in [0.2, 0.25) is 0 Å². The lowest BCUT2D eigenvalue weighted by Crippen LogP contribution is -2.40. The number of carbonyl (C=O) groups excluding carboxylic acids is 1. The first-order chi connectivity index (χ1) is 7.63. The van der Waals surface area contributed by atoms with Crippen LogP contribution in [0.1, 0.15) is 13.3 Å². The molecule has 1 unspecified atom stereocenters. The molecule has 0 aromatic heterocycles. The molecular weight excluding hydrogens is 224 g/mol. The molecule has 1 heterocycles. The number of amides is 1. The topological polar surface area (TPSA) is 32.8 Å². The van der Waals surface area contributed by atoms with Gasteiger partial charge in [0.25, 0.3) is 0 Å². The zero-order valence-electron chi connectivity index (χ0n) is 10.4. The fourth-order valence-electron chi connectivity index (χ4n) is 1.62. The highest BCUT2D eigenvalue weighted by molar-refractivity contribution is 8.00. The van der Waals surface area contributed by atoms with Crippen molar-refractivity contribution in [3.63, 3.8) is 0 Å². The molecular formula is C11H22N2O2S. The molecule has 1 amide bonds. The quantitative estimate of drug-likeness (QED) is 0.753. The summed E-state index contributed by atoms with van der Waals surface area (Å²) in [6.45, 7) is 5.82. The standard InChI is InChI=1S/C11H22N2O2S/c1-4-10-9-13(6-8-16-10)5-7-15-11(14)12(2)3/h10H,4-9H2,1-3H3. The number of hydrogen-bond acceptors (Lipinski definition) is 4. The van der Waals surface area contributed by atoms with Gasteiger partial charge in [-0.25, -0.2) is 4.79 Å². The number of thioether (sulfide) groups is 1. The summed E-state index contributed by atoms with van der Waals surface area (Å²) < 4.78 is 5.11. The molecule has 0 N–H and O–H groups in total. The Labute approximate surface area is 102 Å². The first-order valence-corrected chi connectivity index (χ1v) is 6.86. The third-order valence-electron chi connectivity index (χ3n) is 2.68. The van der Waals surface area contributed by atoms with Crippen molar-refractivity contribution in [2.24, 2.45) is 0 Å². The van der Waals surface area contributed by atoms with Gasteiger partial charge in [0.15, 0.2) is 0 Å². The number of nitrogens with zero attached hydrogens (tertiary/aromatic N) is 2. The highest BCUT2D eigenvalue weighted by Crippen LogP contribution is 2.20. The minimum atomic E-state index is -0.251. The van der Waals surface area contributed by atoms with Crippen molar-refractivity contribution < 1.29 is 9.53 Å². The Morgan fingerprint density at radius 1 is 1.56 bits per heavy atom. The average molecular weight is 246 g/mol. The number of carbonyl (C=O) groups is 1. The molecule has 4 nitrogen and oxygen atoms in total. The van der Waals surface area contributed by atoms with E-state index in [0.29, 0.717) is 6.61 Å². The molecule has 0 radical (unpaired) electrons. The van der Waals surface area contributed by atoms with E-state index in [4.69, 9.17) is 4.74 Å². The molecule has 0 aliphatic carbocycles. The third kappa shape index (κ3) is 4.61. The second kappa shape index (κ2) is 7.01. The van der Waals surface area contributed by atoms with Gasteiger partial charge in [-0.3, -0.25) is 4.90 Å². The van der Waals surface area contributed by atoms with Crippen LogP contribution in [0.25, 0.3) is 0 Å². The van der Waals surface area contributed by atoms with Crippen LogP contribution in [0.4, 0.5) is 4.79 Å². The predicted octanol–water partition coefficient (Wildman–Crippen LogP) is 1.51. The summed E-state index contributed by atoms with van der Waals surface area (Å²) in [5.41, 5.74) is 0. The van der Waals surface area contributed by atoms with Crippen LogP contribution < -0.4 is 0 Å².